The maximum atomic E-state index is 5.44. The maximum Gasteiger partial charge on any atom is 0.191 e. The molecule has 0 spiro atoms. The molecule has 2 N–H and O–H groups in total. The van der Waals surface area contributed by atoms with Gasteiger partial charge in [-0.1, -0.05) is 48.5 Å². The second-order valence-electron chi connectivity index (χ2n) is 7.50. The third kappa shape index (κ3) is 7.80. The monoisotopic (exact) mass is 522 g/mol. The lowest BCUT2D eigenvalue weighted by molar-refractivity contribution is 0.198. The van der Waals surface area contributed by atoms with Gasteiger partial charge in [-0.3, -0.25) is 9.89 Å². The number of hydrogen-bond acceptors (Lipinski definition) is 3. The Hall–Kier alpha value is -1.80. The molecule has 0 unspecified atom stereocenters. The van der Waals surface area contributed by atoms with Crippen LogP contribution in [0.3, 0.4) is 0 Å². The van der Waals surface area contributed by atoms with Crippen molar-refractivity contribution in [3.63, 3.8) is 0 Å². The fourth-order valence-corrected chi connectivity index (χ4v) is 3.79. The highest BCUT2D eigenvalue weighted by Gasteiger charge is 2.20. The van der Waals surface area contributed by atoms with Crippen LogP contribution < -0.4 is 15.4 Å². The van der Waals surface area contributed by atoms with E-state index in [-0.39, 0.29) is 24.0 Å². The van der Waals surface area contributed by atoms with Gasteiger partial charge in [0.25, 0.3) is 0 Å². The van der Waals surface area contributed by atoms with Crippen LogP contribution >= 0.6 is 24.0 Å². The smallest absolute Gasteiger partial charge is 0.191 e. The molecule has 3 rings (SSSR count). The molecular weight excluding hydrogens is 487 g/mol. The maximum absolute atomic E-state index is 5.44. The molecule has 2 aromatic rings. The number of nitrogens with one attached hydrogen (secondary N) is 2. The number of guanidine groups is 1. The van der Waals surface area contributed by atoms with Crippen molar-refractivity contribution in [2.24, 2.45) is 4.99 Å². The van der Waals surface area contributed by atoms with E-state index in [2.05, 4.69) is 58.9 Å². The molecule has 5 nitrogen and oxygen atoms in total. The van der Waals surface area contributed by atoms with Crippen molar-refractivity contribution in [2.45, 2.75) is 38.8 Å². The van der Waals surface area contributed by atoms with E-state index in [1.54, 1.807) is 7.11 Å². The van der Waals surface area contributed by atoms with Crippen LogP contribution in [0.4, 0.5) is 0 Å². The van der Waals surface area contributed by atoms with Gasteiger partial charge in [-0.25, -0.2) is 0 Å². The highest BCUT2D eigenvalue weighted by molar-refractivity contribution is 14.0. The van der Waals surface area contributed by atoms with Crippen LogP contribution in [0.15, 0.2) is 59.6 Å². The summed E-state index contributed by atoms with van der Waals surface area (Å²) in [6.07, 6.45) is 3.16. The number of halogens is 1. The van der Waals surface area contributed by atoms with Gasteiger partial charge in [0.05, 0.1) is 7.11 Å². The fraction of sp³-hybridized carbons (Fsp3) is 0.458. The minimum atomic E-state index is 0. The van der Waals surface area contributed by atoms with Gasteiger partial charge in [-0.05, 0) is 43.4 Å². The van der Waals surface area contributed by atoms with E-state index >= 15 is 0 Å². The van der Waals surface area contributed by atoms with Crippen molar-refractivity contribution in [1.82, 2.24) is 15.5 Å². The summed E-state index contributed by atoms with van der Waals surface area (Å²) in [4.78, 5) is 7.33. The molecule has 1 saturated heterocycles. The summed E-state index contributed by atoms with van der Waals surface area (Å²) in [5.41, 5.74) is 2.59. The first-order chi connectivity index (χ1) is 14.3. The molecule has 0 amide bonds. The van der Waals surface area contributed by atoms with Gasteiger partial charge in [-0.2, -0.15) is 0 Å². The molecule has 1 heterocycles. The number of methoxy groups -OCH3 is 1. The highest BCUT2D eigenvalue weighted by Crippen LogP contribution is 2.18. The van der Waals surface area contributed by atoms with Gasteiger partial charge in [0.1, 0.15) is 5.75 Å². The molecule has 30 heavy (non-hydrogen) atoms. The van der Waals surface area contributed by atoms with Crippen LogP contribution in [-0.2, 0) is 13.0 Å². The quantitative estimate of drug-likeness (QED) is 0.312. The van der Waals surface area contributed by atoms with Gasteiger partial charge in [-0.15, -0.1) is 24.0 Å². The Morgan fingerprint density at radius 2 is 1.77 bits per heavy atom. The highest BCUT2D eigenvalue weighted by atomic mass is 127. The van der Waals surface area contributed by atoms with Crippen molar-refractivity contribution >= 4 is 29.9 Å². The average Bonchev–Trinajstić information content (AvgIpc) is 2.76. The molecule has 164 valence electrons. The van der Waals surface area contributed by atoms with Gasteiger partial charge in [0, 0.05) is 38.8 Å². The Labute approximate surface area is 198 Å². The fourth-order valence-electron chi connectivity index (χ4n) is 3.79. The van der Waals surface area contributed by atoms with E-state index in [0.717, 1.165) is 63.7 Å². The lowest BCUT2D eigenvalue weighted by Crippen LogP contribution is -2.48. The summed E-state index contributed by atoms with van der Waals surface area (Å²) >= 11 is 0. The van der Waals surface area contributed by atoms with Gasteiger partial charge in [0.15, 0.2) is 5.96 Å². The van der Waals surface area contributed by atoms with E-state index in [0.29, 0.717) is 6.04 Å². The summed E-state index contributed by atoms with van der Waals surface area (Å²) in [7, 11) is 1.72. The van der Waals surface area contributed by atoms with E-state index in [9.17, 15) is 0 Å². The molecule has 0 aliphatic carbocycles. The Balaban J connectivity index is 0.00000320. The molecule has 0 saturated carbocycles. The molecule has 1 aliphatic rings. The van der Waals surface area contributed by atoms with Crippen molar-refractivity contribution in [3.05, 3.63) is 65.7 Å². The first-order valence-electron chi connectivity index (χ1n) is 10.7. The third-order valence-corrected chi connectivity index (χ3v) is 5.37. The Morgan fingerprint density at radius 3 is 2.47 bits per heavy atom. The summed E-state index contributed by atoms with van der Waals surface area (Å²) in [6.45, 7) is 7.00. The first kappa shape index (κ1) is 24.5. The topological polar surface area (TPSA) is 48.9 Å². The SMILES string of the molecule is CCNC(=NCCc1ccccc1OC)NC1CCN(Cc2ccccc2)CC1.I. The van der Waals surface area contributed by atoms with E-state index in [1.807, 2.05) is 18.2 Å². The molecule has 6 heteroatoms. The van der Waals surface area contributed by atoms with E-state index < -0.39 is 0 Å². The van der Waals surface area contributed by atoms with Crippen molar-refractivity contribution < 1.29 is 4.74 Å². The van der Waals surface area contributed by atoms with Crippen LogP contribution in [-0.4, -0.2) is 50.2 Å². The molecule has 1 aliphatic heterocycles. The summed E-state index contributed by atoms with van der Waals surface area (Å²) in [6, 6.07) is 19.4. The standard InChI is InChI=1S/C24H34N4O.HI/c1-3-25-24(26-16-13-21-11-7-8-12-23(21)29-2)27-22-14-17-28(18-15-22)19-20-9-5-4-6-10-20;/h4-12,22H,3,13-19H2,1-2H3,(H2,25,26,27);1H. The lowest BCUT2D eigenvalue weighted by atomic mass is 10.0. The normalized spacial score (nSPS) is 15.3. The summed E-state index contributed by atoms with van der Waals surface area (Å²) in [5, 5.41) is 7.03. The number of likely N-dealkylation sites (tertiary alicyclic amines) is 1. The Morgan fingerprint density at radius 1 is 1.07 bits per heavy atom. The van der Waals surface area contributed by atoms with Crippen LogP contribution in [0.2, 0.25) is 0 Å². The number of nitrogens with zero attached hydrogens (tertiary/aromatic N) is 2. The van der Waals surface area contributed by atoms with E-state index in [4.69, 9.17) is 9.73 Å². The van der Waals surface area contributed by atoms with Crippen LogP contribution in [0.25, 0.3) is 0 Å². The molecule has 0 aromatic heterocycles. The summed E-state index contributed by atoms with van der Waals surface area (Å²) in [5.74, 6) is 1.86. The summed E-state index contributed by atoms with van der Waals surface area (Å²) < 4.78 is 5.44. The van der Waals surface area contributed by atoms with Crippen LogP contribution in [0.1, 0.15) is 30.9 Å². The van der Waals surface area contributed by atoms with Gasteiger partial charge >= 0.3 is 0 Å². The molecule has 0 radical (unpaired) electrons. The predicted molar refractivity (Wildman–Crippen MR) is 136 cm³/mol. The lowest BCUT2D eigenvalue weighted by Gasteiger charge is -2.33. The predicted octanol–water partition coefficient (Wildman–Crippen LogP) is 4.08. The number of benzene rings is 2. The van der Waals surface area contributed by atoms with Crippen molar-refractivity contribution in [2.75, 3.05) is 33.3 Å². The minimum Gasteiger partial charge on any atom is -0.496 e. The zero-order valence-corrected chi connectivity index (χ0v) is 20.5. The zero-order valence-electron chi connectivity index (χ0n) is 18.1. The van der Waals surface area contributed by atoms with Crippen LogP contribution in [0, 0.1) is 0 Å². The Kier molecular flexibility index (Phi) is 11.0. The van der Waals surface area contributed by atoms with E-state index in [1.165, 1.54) is 11.1 Å². The number of rotatable bonds is 8. The largest absolute Gasteiger partial charge is 0.496 e. The number of hydrogen-bond donors (Lipinski definition) is 2. The van der Waals surface area contributed by atoms with Crippen molar-refractivity contribution in [1.29, 1.82) is 0 Å². The number of para-hydroxylation sites is 1. The van der Waals surface area contributed by atoms with Crippen molar-refractivity contribution in [3.8, 4) is 5.75 Å². The Bertz CT molecular complexity index is 761. The van der Waals surface area contributed by atoms with Gasteiger partial charge < -0.3 is 15.4 Å². The second-order valence-corrected chi connectivity index (χ2v) is 7.50. The van der Waals surface area contributed by atoms with Gasteiger partial charge in [0.2, 0.25) is 0 Å². The average molecular weight is 522 g/mol. The number of piperidine rings is 1. The molecule has 1 fully saturated rings. The molecule has 2 aromatic carbocycles. The van der Waals surface area contributed by atoms with Crippen LogP contribution in [0.5, 0.6) is 5.75 Å². The third-order valence-electron chi connectivity index (χ3n) is 5.37. The molecule has 0 atom stereocenters. The zero-order chi connectivity index (χ0) is 20.3. The second kappa shape index (κ2) is 13.5. The number of aliphatic imine (C=N–C) groups is 1. The minimum absolute atomic E-state index is 0. The number of ether oxygens (including phenoxy) is 1. The molecular formula is C24H35IN4O. The molecule has 0 bridgehead atoms. The first-order valence-corrected chi connectivity index (χ1v) is 10.7.